The molecular weight excluding hydrogens is 206 g/mol. The van der Waals surface area contributed by atoms with Crippen molar-refractivity contribution in [2.45, 2.75) is 0 Å². The van der Waals surface area contributed by atoms with E-state index in [1.165, 1.54) is 6.07 Å². The summed E-state index contributed by atoms with van der Waals surface area (Å²) in [6, 6.07) is 8.61. The van der Waals surface area contributed by atoms with Crippen LogP contribution in [0, 0.1) is 10.1 Å². The second-order valence-electron chi connectivity index (χ2n) is 3.47. The van der Waals surface area contributed by atoms with E-state index in [1.54, 1.807) is 29.0 Å². The summed E-state index contributed by atoms with van der Waals surface area (Å²) in [7, 11) is 0. The van der Waals surface area contributed by atoms with Crippen molar-refractivity contribution in [3.8, 4) is 0 Å². The van der Waals surface area contributed by atoms with Crippen molar-refractivity contribution in [3.63, 3.8) is 0 Å². The van der Waals surface area contributed by atoms with Crippen molar-refractivity contribution in [1.82, 2.24) is 9.61 Å². The fourth-order valence-corrected chi connectivity index (χ4v) is 1.90. The minimum Gasteiger partial charge on any atom is -0.258 e. The van der Waals surface area contributed by atoms with Gasteiger partial charge in [-0.05, 0) is 12.1 Å². The van der Waals surface area contributed by atoms with E-state index in [2.05, 4.69) is 5.10 Å². The van der Waals surface area contributed by atoms with Gasteiger partial charge in [0.1, 0.15) is 0 Å². The number of fused-ring (bicyclic) bond motifs is 3. The normalized spacial score (nSPS) is 11.0. The molecule has 78 valence electrons. The molecule has 3 aromatic rings. The quantitative estimate of drug-likeness (QED) is 0.460. The lowest BCUT2D eigenvalue weighted by Gasteiger charge is -2.01. The van der Waals surface area contributed by atoms with E-state index < -0.39 is 0 Å². The van der Waals surface area contributed by atoms with Crippen molar-refractivity contribution in [1.29, 1.82) is 0 Å². The number of hydrogen-bond donors (Lipinski definition) is 0. The highest BCUT2D eigenvalue weighted by Crippen LogP contribution is 2.27. The van der Waals surface area contributed by atoms with Crippen LogP contribution < -0.4 is 0 Å². The maximum atomic E-state index is 10.9. The minimum absolute atomic E-state index is 0.126. The maximum absolute atomic E-state index is 10.9. The van der Waals surface area contributed by atoms with E-state index in [0.29, 0.717) is 5.39 Å². The highest BCUT2D eigenvalue weighted by molar-refractivity contribution is 6.00. The highest BCUT2D eigenvalue weighted by atomic mass is 16.6. The van der Waals surface area contributed by atoms with Gasteiger partial charge in [0.25, 0.3) is 5.69 Å². The van der Waals surface area contributed by atoms with Crippen LogP contribution in [-0.2, 0) is 0 Å². The first kappa shape index (κ1) is 8.84. The second kappa shape index (κ2) is 3.03. The van der Waals surface area contributed by atoms with Gasteiger partial charge < -0.3 is 0 Å². The van der Waals surface area contributed by atoms with Gasteiger partial charge in [0.2, 0.25) is 0 Å². The molecule has 0 fully saturated rings. The van der Waals surface area contributed by atoms with E-state index in [1.807, 2.05) is 12.1 Å². The number of aromatic nitrogens is 2. The lowest BCUT2D eigenvalue weighted by Crippen LogP contribution is -1.92. The van der Waals surface area contributed by atoms with Crippen LogP contribution in [0.4, 0.5) is 5.69 Å². The van der Waals surface area contributed by atoms with Gasteiger partial charge in [0.05, 0.1) is 15.8 Å². The van der Waals surface area contributed by atoms with Gasteiger partial charge >= 0.3 is 0 Å². The molecule has 0 aliphatic heterocycles. The summed E-state index contributed by atoms with van der Waals surface area (Å²) in [6.45, 7) is 0. The third-order valence-electron chi connectivity index (χ3n) is 2.61. The Morgan fingerprint density at radius 2 is 2.06 bits per heavy atom. The average molecular weight is 213 g/mol. The zero-order valence-corrected chi connectivity index (χ0v) is 8.20. The van der Waals surface area contributed by atoms with Gasteiger partial charge in [-0.15, -0.1) is 0 Å². The Morgan fingerprint density at radius 1 is 1.19 bits per heavy atom. The molecule has 0 saturated heterocycles. The summed E-state index contributed by atoms with van der Waals surface area (Å²) < 4.78 is 1.70. The Kier molecular flexibility index (Phi) is 1.67. The van der Waals surface area contributed by atoms with Gasteiger partial charge in [0, 0.05) is 23.8 Å². The molecule has 0 aliphatic rings. The summed E-state index contributed by atoms with van der Waals surface area (Å²) >= 11 is 0. The SMILES string of the molecule is O=[N+]([O-])c1cccc2c1ccn1nccc21. The summed E-state index contributed by atoms with van der Waals surface area (Å²) in [4.78, 5) is 10.5. The molecule has 0 radical (unpaired) electrons. The minimum atomic E-state index is -0.366. The standard InChI is InChI=1S/C11H7N3O2/c15-14(16)11-3-1-2-8-9(11)5-7-13-10(8)4-6-12-13/h1-7H. The third kappa shape index (κ3) is 1.08. The number of hydrogen-bond acceptors (Lipinski definition) is 3. The number of benzene rings is 1. The molecule has 0 atom stereocenters. The van der Waals surface area contributed by atoms with Crippen molar-refractivity contribution >= 4 is 22.0 Å². The highest BCUT2D eigenvalue weighted by Gasteiger charge is 2.12. The Morgan fingerprint density at radius 3 is 2.88 bits per heavy atom. The molecule has 0 bridgehead atoms. The van der Waals surface area contributed by atoms with Gasteiger partial charge in [-0.2, -0.15) is 5.10 Å². The molecular formula is C11H7N3O2. The lowest BCUT2D eigenvalue weighted by atomic mass is 10.1. The number of nitro groups is 1. The van der Waals surface area contributed by atoms with Crippen LogP contribution in [0.25, 0.3) is 16.3 Å². The van der Waals surface area contributed by atoms with Crippen molar-refractivity contribution < 1.29 is 4.92 Å². The van der Waals surface area contributed by atoms with Crippen LogP contribution in [0.5, 0.6) is 0 Å². The smallest absolute Gasteiger partial charge is 0.258 e. The molecule has 0 saturated carbocycles. The number of nitro benzene ring substituents is 1. The van der Waals surface area contributed by atoms with Crippen LogP contribution in [-0.4, -0.2) is 14.5 Å². The first-order valence-corrected chi connectivity index (χ1v) is 4.77. The molecule has 0 spiro atoms. The predicted molar refractivity (Wildman–Crippen MR) is 59.4 cm³/mol. The van der Waals surface area contributed by atoms with E-state index in [4.69, 9.17) is 0 Å². The van der Waals surface area contributed by atoms with Crippen LogP contribution in [0.3, 0.4) is 0 Å². The van der Waals surface area contributed by atoms with Gasteiger partial charge in [-0.1, -0.05) is 12.1 Å². The van der Waals surface area contributed by atoms with Crippen LogP contribution in [0.1, 0.15) is 0 Å². The lowest BCUT2D eigenvalue weighted by molar-refractivity contribution is -0.383. The van der Waals surface area contributed by atoms with E-state index in [-0.39, 0.29) is 10.6 Å². The number of pyridine rings is 1. The molecule has 16 heavy (non-hydrogen) atoms. The monoisotopic (exact) mass is 213 g/mol. The first-order chi connectivity index (χ1) is 7.77. The maximum Gasteiger partial charge on any atom is 0.277 e. The summed E-state index contributed by atoms with van der Waals surface area (Å²) in [5.74, 6) is 0. The molecule has 5 heteroatoms. The Balaban J connectivity index is 2.53. The fourth-order valence-electron chi connectivity index (χ4n) is 1.90. The van der Waals surface area contributed by atoms with Crippen LogP contribution >= 0.6 is 0 Å². The molecule has 0 unspecified atom stereocenters. The Labute approximate surface area is 90.1 Å². The molecule has 5 nitrogen and oxygen atoms in total. The molecule has 2 aromatic heterocycles. The second-order valence-corrected chi connectivity index (χ2v) is 3.47. The summed E-state index contributed by atoms with van der Waals surface area (Å²) in [6.07, 6.45) is 3.40. The van der Waals surface area contributed by atoms with Gasteiger partial charge in [-0.3, -0.25) is 10.1 Å². The van der Waals surface area contributed by atoms with E-state index in [0.717, 1.165) is 10.9 Å². The summed E-state index contributed by atoms with van der Waals surface area (Å²) in [5.41, 5.74) is 1.00. The van der Waals surface area contributed by atoms with Crippen LogP contribution in [0.15, 0.2) is 42.7 Å². The topological polar surface area (TPSA) is 60.4 Å². The fraction of sp³-hybridized carbons (Fsp3) is 0. The van der Waals surface area contributed by atoms with Crippen molar-refractivity contribution in [2.24, 2.45) is 0 Å². The predicted octanol–water partition coefficient (Wildman–Crippen LogP) is 2.40. The van der Waals surface area contributed by atoms with Crippen molar-refractivity contribution in [2.75, 3.05) is 0 Å². The number of nitrogens with zero attached hydrogens (tertiary/aromatic N) is 3. The molecule has 0 amide bonds. The average Bonchev–Trinajstić information content (AvgIpc) is 2.76. The van der Waals surface area contributed by atoms with E-state index >= 15 is 0 Å². The number of rotatable bonds is 1. The summed E-state index contributed by atoms with van der Waals surface area (Å²) in [5, 5.41) is 16.4. The molecule has 0 aliphatic carbocycles. The molecule has 2 heterocycles. The Bertz CT molecular complexity index is 703. The molecule has 3 rings (SSSR count). The van der Waals surface area contributed by atoms with E-state index in [9.17, 15) is 10.1 Å². The Hall–Kier alpha value is -2.43. The third-order valence-corrected chi connectivity index (χ3v) is 2.61. The van der Waals surface area contributed by atoms with Gasteiger partial charge in [0.15, 0.2) is 0 Å². The molecule has 0 N–H and O–H groups in total. The number of non-ortho nitro benzene ring substituents is 1. The first-order valence-electron chi connectivity index (χ1n) is 4.77. The molecule has 1 aromatic carbocycles. The van der Waals surface area contributed by atoms with Crippen molar-refractivity contribution in [3.05, 3.63) is 52.8 Å². The zero-order chi connectivity index (χ0) is 11.1. The largest absolute Gasteiger partial charge is 0.277 e. The van der Waals surface area contributed by atoms with Crippen LogP contribution in [0.2, 0.25) is 0 Å². The zero-order valence-electron chi connectivity index (χ0n) is 8.20. The van der Waals surface area contributed by atoms with Gasteiger partial charge in [-0.25, -0.2) is 4.52 Å².